The van der Waals surface area contributed by atoms with Crippen LogP contribution in [-0.4, -0.2) is 11.7 Å². The summed E-state index contributed by atoms with van der Waals surface area (Å²) in [5, 5.41) is -0.287. The lowest BCUT2D eigenvalue weighted by Crippen LogP contribution is -2.04. The molecule has 0 spiro atoms. The number of benzene rings is 1. The van der Waals surface area contributed by atoms with Crippen LogP contribution >= 0.6 is 12.6 Å². The van der Waals surface area contributed by atoms with Crippen LogP contribution in [0.2, 0.25) is 0 Å². The molecule has 0 heterocycles. The van der Waals surface area contributed by atoms with E-state index in [0.29, 0.717) is 5.75 Å². The van der Waals surface area contributed by atoms with E-state index in [4.69, 9.17) is 4.74 Å². The van der Waals surface area contributed by atoms with Gasteiger partial charge in [0.15, 0.2) is 6.61 Å². The lowest BCUT2D eigenvalue weighted by molar-refractivity contribution is -0.112. The Morgan fingerprint density at radius 3 is 3.08 bits per heavy atom. The molecule has 12 heavy (non-hydrogen) atoms. The predicted molar refractivity (Wildman–Crippen MR) is 49.5 cm³/mol. The number of carbonyl (C=O) groups is 1. The van der Waals surface area contributed by atoms with E-state index in [1.54, 1.807) is 6.07 Å². The highest BCUT2D eigenvalue weighted by atomic mass is 32.1. The molecule has 0 aromatic heterocycles. The van der Waals surface area contributed by atoms with Gasteiger partial charge in [0.25, 0.3) is 0 Å². The van der Waals surface area contributed by atoms with Crippen molar-refractivity contribution in [2.75, 3.05) is 6.61 Å². The van der Waals surface area contributed by atoms with Gasteiger partial charge in [0.1, 0.15) is 5.75 Å². The molecule has 1 radical (unpaired) electrons. The molecule has 2 nitrogen and oxygen atoms in total. The normalized spacial score (nSPS) is 9.50. The molecular weight excluding hydrogens is 172 g/mol. The fourth-order valence-corrected chi connectivity index (χ4v) is 0.839. The molecule has 0 bridgehead atoms. The van der Waals surface area contributed by atoms with Crippen molar-refractivity contribution in [3.05, 3.63) is 29.8 Å². The molecule has 63 valence electrons. The molecule has 0 saturated carbocycles. The standard InChI is InChI=1S/C9H9O2S/c1-7-3-2-4-8(5-7)11-6-9(10)12/h2-3,5H,6H2,1H3,(H,10,12). The van der Waals surface area contributed by atoms with Crippen molar-refractivity contribution in [2.45, 2.75) is 6.92 Å². The zero-order valence-corrected chi connectivity index (χ0v) is 7.60. The van der Waals surface area contributed by atoms with Crippen molar-refractivity contribution >= 4 is 17.7 Å². The molecule has 1 aromatic carbocycles. The van der Waals surface area contributed by atoms with E-state index in [1.165, 1.54) is 0 Å². The lowest BCUT2D eigenvalue weighted by atomic mass is 10.2. The number of aryl methyl sites for hydroxylation is 1. The van der Waals surface area contributed by atoms with E-state index in [2.05, 4.69) is 18.7 Å². The second-order valence-corrected chi connectivity index (χ2v) is 2.91. The molecule has 1 rings (SSSR count). The van der Waals surface area contributed by atoms with E-state index in [-0.39, 0.29) is 11.7 Å². The summed E-state index contributed by atoms with van der Waals surface area (Å²) in [7, 11) is 0. The van der Waals surface area contributed by atoms with Gasteiger partial charge in [0, 0.05) is 6.07 Å². The maximum Gasteiger partial charge on any atom is 0.223 e. The average molecular weight is 181 g/mol. The van der Waals surface area contributed by atoms with E-state index < -0.39 is 0 Å². The van der Waals surface area contributed by atoms with E-state index in [9.17, 15) is 4.79 Å². The third kappa shape index (κ3) is 2.96. The highest BCUT2D eigenvalue weighted by molar-refractivity contribution is 7.96. The number of ether oxygens (including phenoxy) is 1. The van der Waals surface area contributed by atoms with Gasteiger partial charge in [0.2, 0.25) is 5.12 Å². The first-order valence-corrected chi connectivity index (χ1v) is 3.96. The van der Waals surface area contributed by atoms with Gasteiger partial charge in [0.05, 0.1) is 0 Å². The third-order valence-electron chi connectivity index (χ3n) is 1.28. The largest absolute Gasteiger partial charge is 0.484 e. The summed E-state index contributed by atoms with van der Waals surface area (Å²) in [6.07, 6.45) is 0. The monoisotopic (exact) mass is 181 g/mol. The molecule has 0 aliphatic rings. The third-order valence-corrected chi connectivity index (χ3v) is 1.41. The predicted octanol–water partition coefficient (Wildman–Crippen LogP) is 1.63. The van der Waals surface area contributed by atoms with Gasteiger partial charge in [-0.25, -0.2) is 0 Å². The second-order valence-electron chi connectivity index (χ2n) is 2.41. The zero-order valence-electron chi connectivity index (χ0n) is 6.70. The molecule has 0 aliphatic carbocycles. The Morgan fingerprint density at radius 1 is 1.75 bits per heavy atom. The first-order chi connectivity index (χ1) is 5.68. The number of rotatable bonds is 3. The molecule has 0 atom stereocenters. The minimum Gasteiger partial charge on any atom is -0.484 e. The van der Waals surface area contributed by atoms with Gasteiger partial charge in [-0.15, -0.1) is 12.6 Å². The number of hydrogen-bond donors (Lipinski definition) is 1. The topological polar surface area (TPSA) is 26.3 Å². The summed E-state index contributed by atoms with van der Waals surface area (Å²) in [5.74, 6) is 0.581. The highest BCUT2D eigenvalue weighted by Crippen LogP contribution is 2.11. The summed E-state index contributed by atoms with van der Waals surface area (Å²) >= 11 is 3.58. The summed E-state index contributed by atoms with van der Waals surface area (Å²) < 4.78 is 5.07. The van der Waals surface area contributed by atoms with Crippen molar-refractivity contribution in [3.63, 3.8) is 0 Å². The van der Waals surface area contributed by atoms with Crippen molar-refractivity contribution in [1.29, 1.82) is 0 Å². The minimum absolute atomic E-state index is 0.0108. The zero-order chi connectivity index (χ0) is 8.97. The van der Waals surface area contributed by atoms with E-state index in [1.807, 2.05) is 19.1 Å². The Kier molecular flexibility index (Phi) is 3.17. The van der Waals surface area contributed by atoms with Crippen molar-refractivity contribution in [3.8, 4) is 5.75 Å². The summed E-state index contributed by atoms with van der Waals surface area (Å²) in [4.78, 5) is 10.4. The maximum atomic E-state index is 10.4. The van der Waals surface area contributed by atoms with Crippen LogP contribution in [-0.2, 0) is 4.79 Å². The van der Waals surface area contributed by atoms with Gasteiger partial charge in [-0.3, -0.25) is 4.79 Å². The van der Waals surface area contributed by atoms with Gasteiger partial charge in [-0.2, -0.15) is 0 Å². The van der Waals surface area contributed by atoms with Crippen LogP contribution in [0.3, 0.4) is 0 Å². The van der Waals surface area contributed by atoms with Crippen LogP contribution in [0.1, 0.15) is 5.56 Å². The van der Waals surface area contributed by atoms with Gasteiger partial charge in [-0.05, 0) is 18.6 Å². The fraction of sp³-hybridized carbons (Fsp3) is 0.222. The Hall–Kier alpha value is -0.960. The second kappa shape index (κ2) is 4.16. The SMILES string of the molecule is Cc1cc[c]c(OCC(=O)S)c1. The van der Waals surface area contributed by atoms with Crippen LogP contribution in [0.25, 0.3) is 0 Å². The molecule has 0 N–H and O–H groups in total. The molecule has 0 saturated heterocycles. The van der Waals surface area contributed by atoms with E-state index >= 15 is 0 Å². The molecule has 0 amide bonds. The van der Waals surface area contributed by atoms with Crippen LogP contribution in [0.5, 0.6) is 5.75 Å². The number of hydrogen-bond acceptors (Lipinski definition) is 2. The minimum atomic E-state index is -0.287. The van der Waals surface area contributed by atoms with Crippen molar-refractivity contribution < 1.29 is 9.53 Å². The van der Waals surface area contributed by atoms with Crippen molar-refractivity contribution in [2.24, 2.45) is 0 Å². The Morgan fingerprint density at radius 2 is 2.50 bits per heavy atom. The quantitative estimate of drug-likeness (QED) is 0.717. The fourth-order valence-electron chi connectivity index (χ4n) is 0.775. The Balaban J connectivity index is 2.57. The van der Waals surface area contributed by atoms with Gasteiger partial charge < -0.3 is 4.74 Å². The Labute approximate surface area is 77.0 Å². The van der Waals surface area contributed by atoms with Crippen LogP contribution < -0.4 is 4.74 Å². The van der Waals surface area contributed by atoms with E-state index in [0.717, 1.165) is 5.56 Å². The lowest BCUT2D eigenvalue weighted by Gasteiger charge is -2.02. The molecule has 0 aliphatic heterocycles. The number of carbonyl (C=O) groups excluding carboxylic acids is 1. The smallest absolute Gasteiger partial charge is 0.223 e. The summed E-state index contributed by atoms with van der Waals surface area (Å²) in [6.45, 7) is 1.94. The van der Waals surface area contributed by atoms with Crippen LogP contribution in [0.4, 0.5) is 0 Å². The molecule has 0 unspecified atom stereocenters. The highest BCUT2D eigenvalue weighted by Gasteiger charge is 1.96. The first-order valence-electron chi connectivity index (χ1n) is 3.51. The molecule has 3 heteroatoms. The Bertz CT molecular complexity index is 284. The van der Waals surface area contributed by atoms with Gasteiger partial charge in [-0.1, -0.05) is 12.1 Å². The number of thiol groups is 1. The van der Waals surface area contributed by atoms with Crippen LogP contribution in [0.15, 0.2) is 18.2 Å². The first kappa shape index (κ1) is 9.13. The summed E-state index contributed by atoms with van der Waals surface area (Å²) in [5.41, 5.74) is 1.08. The average Bonchev–Trinajstić information content (AvgIpc) is 2.01. The summed E-state index contributed by atoms with van der Waals surface area (Å²) in [6, 6.07) is 8.34. The van der Waals surface area contributed by atoms with Crippen molar-refractivity contribution in [1.82, 2.24) is 0 Å². The molecule has 1 aromatic rings. The van der Waals surface area contributed by atoms with Crippen LogP contribution in [0, 0.1) is 13.0 Å². The van der Waals surface area contributed by atoms with Gasteiger partial charge >= 0.3 is 0 Å². The molecule has 0 fully saturated rings. The molecular formula is C9H9O2S. The maximum absolute atomic E-state index is 10.4.